The van der Waals surface area contributed by atoms with Crippen LogP contribution in [0.5, 0.6) is 0 Å². The first-order valence-electron chi connectivity index (χ1n) is 3.11. The molecule has 0 aliphatic carbocycles. The van der Waals surface area contributed by atoms with Gasteiger partial charge in [-0.3, -0.25) is 24.7 Å². The molecule has 0 radical (unpaired) electrons. The minimum absolute atomic E-state index is 0.0413. The molecule has 0 atom stereocenters. The number of hydrogen-bond donors (Lipinski definition) is 4. The number of fused-ring (bicyclic) bond motifs is 1. The number of H-pyrrole nitrogens is 4. The average molecular weight is 170 g/mol. The van der Waals surface area contributed by atoms with E-state index in [-0.39, 0.29) is 11.2 Å². The molecule has 0 saturated heterocycles. The molecule has 0 aromatic carbocycles. The van der Waals surface area contributed by atoms with Crippen molar-refractivity contribution >= 4 is 11.2 Å². The first-order chi connectivity index (χ1) is 5.66. The van der Waals surface area contributed by atoms with Crippen molar-refractivity contribution in [3.8, 4) is 0 Å². The first-order valence-corrected chi connectivity index (χ1v) is 3.11. The van der Waals surface area contributed by atoms with Gasteiger partial charge in [0.05, 0.1) is 0 Å². The second-order valence-corrected chi connectivity index (χ2v) is 2.24. The number of aromatic nitrogens is 4. The minimum Gasteiger partial charge on any atom is -0.300 e. The molecule has 2 aromatic rings. The van der Waals surface area contributed by atoms with Crippen LogP contribution in [-0.2, 0) is 0 Å². The molecule has 2 aromatic heterocycles. The predicted molar refractivity (Wildman–Crippen MR) is 40.2 cm³/mol. The Labute approximate surface area is 63.5 Å². The van der Waals surface area contributed by atoms with Crippen molar-refractivity contribution < 1.29 is 0 Å². The molecule has 0 aliphatic heterocycles. The van der Waals surface area contributed by atoms with Gasteiger partial charge in [0.2, 0.25) is 0 Å². The van der Waals surface area contributed by atoms with E-state index in [1.165, 1.54) is 0 Å². The van der Waals surface area contributed by atoms with Crippen molar-refractivity contribution in [1.29, 1.82) is 0 Å². The van der Waals surface area contributed by atoms with Crippen molar-refractivity contribution in [2.45, 2.75) is 0 Å². The van der Waals surface area contributed by atoms with Crippen LogP contribution >= 0.6 is 0 Å². The van der Waals surface area contributed by atoms with E-state index in [0.717, 1.165) is 0 Å². The fraction of sp³-hybridized carbons (Fsp3) is 0. The first kappa shape index (κ1) is 6.65. The van der Waals surface area contributed by atoms with E-state index >= 15 is 0 Å². The zero-order chi connectivity index (χ0) is 8.72. The van der Waals surface area contributed by atoms with Gasteiger partial charge in [-0.15, -0.1) is 0 Å². The number of imidazole rings is 1. The van der Waals surface area contributed by atoms with Crippen LogP contribution in [-0.4, -0.2) is 19.9 Å². The Morgan fingerprint density at radius 1 is 1.08 bits per heavy atom. The van der Waals surface area contributed by atoms with Gasteiger partial charge in [-0.1, -0.05) is 0 Å². The summed E-state index contributed by atoms with van der Waals surface area (Å²) in [6, 6.07) is 0. The van der Waals surface area contributed by atoms with Crippen molar-refractivity contribution in [3.63, 3.8) is 0 Å². The van der Waals surface area contributed by atoms with Gasteiger partial charge in [0.15, 0.2) is 0 Å². The van der Waals surface area contributed by atoms with Crippen LogP contribution in [0.25, 0.3) is 11.2 Å². The smallest absolute Gasteiger partial charge is 0.300 e. The van der Waals surface area contributed by atoms with Crippen LogP contribution in [0.3, 0.4) is 0 Å². The van der Waals surface area contributed by atoms with Crippen LogP contribution in [0.15, 0.2) is 14.4 Å². The zero-order valence-corrected chi connectivity index (χ0v) is 5.72. The summed E-state index contributed by atoms with van der Waals surface area (Å²) in [6.07, 6.45) is 0. The largest absolute Gasteiger partial charge is 0.327 e. The van der Waals surface area contributed by atoms with Gasteiger partial charge >= 0.3 is 11.4 Å². The van der Waals surface area contributed by atoms with E-state index in [9.17, 15) is 14.4 Å². The topological polar surface area (TPSA) is 114 Å². The third-order valence-corrected chi connectivity index (χ3v) is 1.42. The Morgan fingerprint density at radius 3 is 2.58 bits per heavy atom. The molecule has 2 rings (SSSR count). The van der Waals surface area contributed by atoms with Gasteiger partial charge in [-0.05, 0) is 0 Å². The van der Waals surface area contributed by atoms with E-state index in [4.69, 9.17) is 0 Å². The lowest BCUT2D eigenvalue weighted by Crippen LogP contribution is -2.21. The molecule has 0 unspecified atom stereocenters. The number of rotatable bonds is 0. The molecule has 4 N–H and O–H groups in total. The summed E-state index contributed by atoms with van der Waals surface area (Å²) in [4.78, 5) is 41.0. The van der Waals surface area contributed by atoms with Crippen LogP contribution in [0.1, 0.15) is 0 Å². The normalized spacial score (nSPS) is 10.7. The van der Waals surface area contributed by atoms with Crippen LogP contribution < -0.4 is 16.9 Å². The van der Waals surface area contributed by atoms with E-state index in [1.54, 1.807) is 0 Å². The average Bonchev–Trinajstić information content (AvgIpc) is 2.29. The molecule has 12 heavy (non-hydrogen) atoms. The molecule has 0 bridgehead atoms. The summed E-state index contributed by atoms with van der Waals surface area (Å²) in [5.74, 6) is 0. The Bertz CT molecular complexity index is 583. The van der Waals surface area contributed by atoms with Crippen molar-refractivity contribution in [2.75, 3.05) is 0 Å². The fourth-order valence-corrected chi connectivity index (χ4v) is 0.958. The Kier molecular flexibility index (Phi) is 1.09. The molecule has 0 fully saturated rings. The summed E-state index contributed by atoms with van der Waals surface area (Å²) in [5.41, 5.74) is -1.65. The Balaban J connectivity index is 3.18. The van der Waals surface area contributed by atoms with Crippen LogP contribution in [0.2, 0.25) is 0 Å². The third-order valence-electron chi connectivity index (χ3n) is 1.42. The highest BCUT2D eigenvalue weighted by atomic mass is 16.3. The summed E-state index contributed by atoms with van der Waals surface area (Å²) < 4.78 is 0. The highest BCUT2D eigenvalue weighted by Crippen LogP contribution is 1.88. The van der Waals surface area contributed by atoms with Crippen molar-refractivity contribution in [2.24, 2.45) is 0 Å². The highest BCUT2D eigenvalue weighted by Gasteiger charge is 2.02. The maximum atomic E-state index is 10.9. The molecular formula is C5H4N4O3. The third kappa shape index (κ3) is 0.797. The lowest BCUT2D eigenvalue weighted by atomic mass is 10.5. The summed E-state index contributed by atoms with van der Waals surface area (Å²) in [6.45, 7) is 0. The monoisotopic (exact) mass is 170 g/mol. The van der Waals surface area contributed by atoms with Gasteiger partial charge in [-0.2, -0.15) is 0 Å². The molecule has 0 aliphatic rings. The molecule has 62 valence electrons. The van der Waals surface area contributed by atoms with Crippen LogP contribution in [0, 0.1) is 0 Å². The van der Waals surface area contributed by atoms with E-state index in [2.05, 4.69) is 15.0 Å². The minimum atomic E-state index is -0.650. The van der Waals surface area contributed by atoms with E-state index < -0.39 is 16.9 Å². The number of hydrogen-bond acceptors (Lipinski definition) is 3. The second-order valence-electron chi connectivity index (χ2n) is 2.24. The maximum absolute atomic E-state index is 10.9. The van der Waals surface area contributed by atoms with Crippen molar-refractivity contribution in [3.05, 3.63) is 31.3 Å². The van der Waals surface area contributed by atoms with E-state index in [1.807, 2.05) is 4.98 Å². The summed E-state index contributed by atoms with van der Waals surface area (Å²) in [7, 11) is 0. The van der Waals surface area contributed by atoms with Gasteiger partial charge in [0.25, 0.3) is 5.56 Å². The van der Waals surface area contributed by atoms with Gasteiger partial charge in [0.1, 0.15) is 11.2 Å². The number of aromatic amines is 4. The second kappa shape index (κ2) is 1.97. The van der Waals surface area contributed by atoms with Gasteiger partial charge < -0.3 is 0 Å². The Hall–Kier alpha value is -2.05. The van der Waals surface area contributed by atoms with E-state index in [0.29, 0.717) is 0 Å². The van der Waals surface area contributed by atoms with Gasteiger partial charge in [-0.25, -0.2) is 9.59 Å². The Morgan fingerprint density at radius 2 is 1.83 bits per heavy atom. The van der Waals surface area contributed by atoms with Gasteiger partial charge in [0, 0.05) is 0 Å². The molecule has 0 amide bonds. The lowest BCUT2D eigenvalue weighted by Gasteiger charge is -1.83. The fourth-order valence-electron chi connectivity index (χ4n) is 0.958. The molecule has 0 spiro atoms. The molecule has 7 nitrogen and oxygen atoms in total. The quantitative estimate of drug-likeness (QED) is 0.375. The standard InChI is InChI=1S/C5H4N4O3/c10-3-1-2(7-4(11)6-1)8-5(12)9-3/h(H4,6,7,8,9,10,11,12)/i4+2. The molecular weight excluding hydrogens is 166 g/mol. The van der Waals surface area contributed by atoms with Crippen molar-refractivity contribution in [1.82, 2.24) is 19.9 Å². The number of nitrogens with one attached hydrogen (secondary N) is 4. The zero-order valence-electron chi connectivity index (χ0n) is 5.72. The summed E-state index contributed by atoms with van der Waals surface area (Å²) >= 11 is 0. The highest BCUT2D eigenvalue weighted by molar-refractivity contribution is 5.67. The summed E-state index contributed by atoms with van der Waals surface area (Å²) in [5, 5.41) is 0. The lowest BCUT2D eigenvalue weighted by molar-refractivity contribution is 1.07. The maximum Gasteiger partial charge on any atom is 0.327 e. The molecule has 2 heterocycles. The molecule has 7 heteroatoms. The van der Waals surface area contributed by atoms with Crippen LogP contribution in [0.4, 0.5) is 0 Å². The predicted octanol–water partition coefficient (Wildman–Crippen LogP) is -1.77. The SMILES string of the molecule is O=c1[nH]c(=O)c2[nH][14c](=O)[nH]c2[nH]1. The molecule has 0 saturated carbocycles.